The molecule has 2 bridgehead atoms. The number of ether oxygens (including phenoxy) is 1. The van der Waals surface area contributed by atoms with Crippen molar-refractivity contribution in [3.63, 3.8) is 0 Å². The Bertz CT molecular complexity index is 451. The van der Waals surface area contributed by atoms with Gasteiger partial charge >= 0.3 is 5.97 Å². The molecule has 3 atom stereocenters. The predicted octanol–water partition coefficient (Wildman–Crippen LogP) is 0.659. The van der Waals surface area contributed by atoms with Crippen LogP contribution in [0.1, 0.15) is 25.0 Å². The second kappa shape index (κ2) is 4.31. The molecule has 1 aromatic heterocycles. The first kappa shape index (κ1) is 11.6. The topological polar surface area (TPSA) is 64.1 Å². The van der Waals surface area contributed by atoms with Crippen LogP contribution in [0.15, 0.2) is 18.6 Å². The zero-order chi connectivity index (χ0) is 12.6. The molecule has 3 unspecified atom stereocenters. The summed E-state index contributed by atoms with van der Waals surface area (Å²) in [7, 11) is 1.44. The number of nitrogens with zero attached hydrogens (tertiary/aromatic N) is 2. The highest BCUT2D eigenvalue weighted by Crippen LogP contribution is 2.48. The Hall–Kier alpha value is -1.49. The number of methoxy groups -OCH3 is 1. The standard InChI is InChI=1S/C13H17N3O2/c1-18-12(17)11-13(10-3-5-14-8-16-10)4-2-9(6-13)7-15-11/h3,5,8-9,11,15H,2,4,6-7H2,1H3. The number of hydrogen-bond acceptors (Lipinski definition) is 5. The quantitative estimate of drug-likeness (QED) is 0.778. The fourth-order valence-corrected chi connectivity index (χ4v) is 3.49. The van der Waals surface area contributed by atoms with Gasteiger partial charge in [0.2, 0.25) is 0 Å². The van der Waals surface area contributed by atoms with Crippen molar-refractivity contribution in [2.24, 2.45) is 5.92 Å². The van der Waals surface area contributed by atoms with E-state index in [0.29, 0.717) is 5.92 Å². The highest BCUT2D eigenvalue weighted by molar-refractivity contribution is 5.78. The summed E-state index contributed by atoms with van der Waals surface area (Å²) in [6.07, 6.45) is 6.44. The summed E-state index contributed by atoms with van der Waals surface area (Å²) >= 11 is 0. The molecule has 1 aliphatic carbocycles. The van der Waals surface area contributed by atoms with Crippen molar-refractivity contribution in [2.45, 2.75) is 30.7 Å². The van der Waals surface area contributed by atoms with Crippen molar-refractivity contribution in [3.8, 4) is 0 Å². The molecule has 1 saturated carbocycles. The number of piperidine rings is 1. The molecular weight excluding hydrogens is 230 g/mol. The van der Waals surface area contributed by atoms with Gasteiger partial charge in [0.05, 0.1) is 12.8 Å². The molecule has 5 heteroatoms. The van der Waals surface area contributed by atoms with E-state index in [4.69, 9.17) is 4.74 Å². The highest BCUT2D eigenvalue weighted by atomic mass is 16.5. The van der Waals surface area contributed by atoms with E-state index in [1.54, 1.807) is 12.5 Å². The summed E-state index contributed by atoms with van der Waals surface area (Å²) in [5.41, 5.74) is 0.751. The van der Waals surface area contributed by atoms with Crippen LogP contribution in [-0.2, 0) is 14.9 Å². The molecule has 0 spiro atoms. The third-order valence-corrected chi connectivity index (χ3v) is 4.34. The molecule has 0 radical (unpaired) electrons. The Labute approximate surface area is 106 Å². The number of nitrogens with one attached hydrogen (secondary N) is 1. The van der Waals surface area contributed by atoms with Crippen LogP contribution in [0.5, 0.6) is 0 Å². The average molecular weight is 247 g/mol. The minimum atomic E-state index is -0.281. The maximum atomic E-state index is 12.0. The highest BCUT2D eigenvalue weighted by Gasteiger charge is 2.53. The number of carbonyl (C=O) groups excluding carboxylic acids is 1. The molecule has 1 aliphatic heterocycles. The van der Waals surface area contributed by atoms with E-state index < -0.39 is 0 Å². The first-order chi connectivity index (χ1) is 8.76. The van der Waals surface area contributed by atoms with Gasteiger partial charge in [0.1, 0.15) is 12.4 Å². The van der Waals surface area contributed by atoms with Gasteiger partial charge in [-0.25, -0.2) is 9.97 Å². The Morgan fingerprint density at radius 2 is 2.50 bits per heavy atom. The van der Waals surface area contributed by atoms with Gasteiger partial charge in [-0.1, -0.05) is 0 Å². The molecule has 2 fully saturated rings. The van der Waals surface area contributed by atoms with Gasteiger partial charge in [-0.3, -0.25) is 4.79 Å². The Morgan fingerprint density at radius 1 is 1.61 bits per heavy atom. The molecule has 3 rings (SSSR count). The second-order valence-electron chi connectivity index (χ2n) is 5.22. The van der Waals surface area contributed by atoms with Gasteiger partial charge in [0.15, 0.2) is 0 Å². The van der Waals surface area contributed by atoms with Crippen molar-refractivity contribution in [1.29, 1.82) is 0 Å². The van der Waals surface area contributed by atoms with E-state index in [-0.39, 0.29) is 17.4 Å². The lowest BCUT2D eigenvalue weighted by Gasteiger charge is -2.39. The fourth-order valence-electron chi connectivity index (χ4n) is 3.49. The Morgan fingerprint density at radius 3 is 3.22 bits per heavy atom. The zero-order valence-electron chi connectivity index (χ0n) is 10.4. The van der Waals surface area contributed by atoms with E-state index in [9.17, 15) is 4.79 Å². The zero-order valence-corrected chi connectivity index (χ0v) is 10.4. The van der Waals surface area contributed by atoms with Crippen molar-refractivity contribution in [2.75, 3.05) is 13.7 Å². The molecule has 0 aromatic carbocycles. The first-order valence-corrected chi connectivity index (χ1v) is 6.34. The molecule has 1 aromatic rings. The van der Waals surface area contributed by atoms with Crippen molar-refractivity contribution in [1.82, 2.24) is 15.3 Å². The van der Waals surface area contributed by atoms with Gasteiger partial charge < -0.3 is 10.1 Å². The van der Waals surface area contributed by atoms with Gasteiger partial charge in [0.25, 0.3) is 0 Å². The second-order valence-corrected chi connectivity index (χ2v) is 5.22. The number of aromatic nitrogens is 2. The first-order valence-electron chi connectivity index (χ1n) is 6.34. The summed E-state index contributed by atoms with van der Waals surface area (Å²) in [4.78, 5) is 20.3. The maximum absolute atomic E-state index is 12.0. The lowest BCUT2D eigenvalue weighted by atomic mass is 9.73. The summed E-state index contributed by atoms with van der Waals surface area (Å²) in [5.74, 6) is 0.454. The van der Waals surface area contributed by atoms with Crippen LogP contribution in [-0.4, -0.2) is 35.6 Å². The molecule has 2 aliphatic rings. The summed E-state index contributed by atoms with van der Waals surface area (Å²) in [6, 6.07) is 1.64. The fraction of sp³-hybridized carbons (Fsp3) is 0.615. The molecular formula is C13H17N3O2. The van der Waals surface area contributed by atoms with Gasteiger partial charge in [-0.2, -0.15) is 0 Å². The average Bonchev–Trinajstić information content (AvgIpc) is 2.78. The maximum Gasteiger partial charge on any atom is 0.323 e. The molecule has 2 heterocycles. The monoisotopic (exact) mass is 247 g/mol. The van der Waals surface area contributed by atoms with E-state index >= 15 is 0 Å². The van der Waals surface area contributed by atoms with Crippen LogP contribution < -0.4 is 5.32 Å². The number of hydrogen-bond donors (Lipinski definition) is 1. The number of esters is 1. The third-order valence-electron chi connectivity index (χ3n) is 4.34. The van der Waals surface area contributed by atoms with E-state index in [1.807, 2.05) is 6.07 Å². The predicted molar refractivity (Wildman–Crippen MR) is 64.9 cm³/mol. The molecule has 0 amide bonds. The summed E-state index contributed by atoms with van der Waals surface area (Å²) in [6.45, 7) is 0.895. The SMILES string of the molecule is COC(=O)C1NCC2CCC1(c1ccncn1)C2. The van der Waals surface area contributed by atoms with Crippen LogP contribution in [0.3, 0.4) is 0 Å². The third kappa shape index (κ3) is 1.61. The molecule has 96 valence electrons. The van der Waals surface area contributed by atoms with Gasteiger partial charge in [0, 0.05) is 11.6 Å². The summed E-state index contributed by atoms with van der Waals surface area (Å²) in [5, 5.41) is 3.34. The number of fused-ring (bicyclic) bond motifs is 2. The minimum Gasteiger partial charge on any atom is -0.468 e. The molecule has 1 saturated heterocycles. The van der Waals surface area contributed by atoms with E-state index in [0.717, 1.165) is 31.5 Å². The smallest absolute Gasteiger partial charge is 0.323 e. The van der Waals surface area contributed by atoms with Gasteiger partial charge in [-0.15, -0.1) is 0 Å². The van der Waals surface area contributed by atoms with Gasteiger partial charge in [-0.05, 0) is 37.8 Å². The van der Waals surface area contributed by atoms with Crippen molar-refractivity contribution >= 4 is 5.97 Å². The number of carbonyl (C=O) groups is 1. The normalized spacial score (nSPS) is 34.3. The molecule has 5 nitrogen and oxygen atoms in total. The van der Waals surface area contributed by atoms with Crippen LogP contribution in [0.25, 0.3) is 0 Å². The lowest BCUT2D eigenvalue weighted by molar-refractivity contribution is -0.146. The van der Waals surface area contributed by atoms with E-state index in [2.05, 4.69) is 15.3 Å². The molecule has 1 N–H and O–H groups in total. The Balaban J connectivity index is 2.02. The van der Waals surface area contributed by atoms with Crippen molar-refractivity contribution < 1.29 is 9.53 Å². The Kier molecular flexibility index (Phi) is 2.78. The van der Waals surface area contributed by atoms with Crippen LogP contribution in [0.4, 0.5) is 0 Å². The largest absolute Gasteiger partial charge is 0.468 e. The summed E-state index contributed by atoms with van der Waals surface area (Å²) < 4.78 is 4.94. The lowest BCUT2D eigenvalue weighted by Crippen LogP contribution is -2.56. The van der Waals surface area contributed by atoms with E-state index in [1.165, 1.54) is 7.11 Å². The molecule has 18 heavy (non-hydrogen) atoms. The number of rotatable bonds is 2. The van der Waals surface area contributed by atoms with Crippen LogP contribution in [0, 0.1) is 5.92 Å². The van der Waals surface area contributed by atoms with Crippen LogP contribution >= 0.6 is 0 Å². The minimum absolute atomic E-state index is 0.186. The van der Waals surface area contributed by atoms with Crippen molar-refractivity contribution in [3.05, 3.63) is 24.3 Å². The van der Waals surface area contributed by atoms with Crippen LogP contribution in [0.2, 0.25) is 0 Å².